The van der Waals surface area contributed by atoms with Crippen molar-refractivity contribution in [3.63, 3.8) is 0 Å². The molecule has 4 atom stereocenters. The van der Waals surface area contributed by atoms with Gasteiger partial charge in [0, 0.05) is 38.3 Å². The quantitative estimate of drug-likeness (QED) is 0.885. The molecule has 4 unspecified atom stereocenters. The van der Waals surface area contributed by atoms with Gasteiger partial charge in [-0.15, -0.1) is 0 Å². The number of hydrogen-bond donors (Lipinski definition) is 2. The number of nitrogens with zero attached hydrogens (tertiary/aromatic N) is 2. The number of β-amino-alcohol motifs (C(OH)–C–C–N with tert-alkyl or cyclic N) is 1. The molecule has 25 heavy (non-hydrogen) atoms. The zero-order valence-electron chi connectivity index (χ0n) is 15.4. The predicted octanol–water partition coefficient (Wildman–Crippen LogP) is 2.45. The number of aliphatic hydroxyl groups excluding tert-OH is 1. The van der Waals surface area contributed by atoms with Crippen LogP contribution in [0.25, 0.3) is 0 Å². The zero-order valence-corrected chi connectivity index (χ0v) is 15.4. The highest BCUT2D eigenvalue weighted by Gasteiger charge is 2.30. The molecule has 0 aliphatic carbocycles. The minimum atomic E-state index is -0.397. The number of hydrogen-bond acceptors (Lipinski definition) is 3. The van der Waals surface area contributed by atoms with Gasteiger partial charge in [0.15, 0.2) is 0 Å². The molecule has 2 aliphatic heterocycles. The number of aliphatic hydroxyl groups is 1. The zero-order chi connectivity index (χ0) is 17.8. The van der Waals surface area contributed by atoms with Gasteiger partial charge in [-0.3, -0.25) is 4.90 Å². The Morgan fingerprint density at radius 1 is 1.20 bits per heavy atom. The monoisotopic (exact) mass is 345 g/mol. The molecule has 5 nitrogen and oxygen atoms in total. The van der Waals surface area contributed by atoms with E-state index in [0.29, 0.717) is 12.6 Å². The van der Waals surface area contributed by atoms with E-state index in [1.165, 1.54) is 5.56 Å². The third kappa shape index (κ3) is 4.73. The molecule has 0 bridgehead atoms. The van der Waals surface area contributed by atoms with Crippen molar-refractivity contribution < 1.29 is 9.90 Å². The van der Waals surface area contributed by atoms with Gasteiger partial charge in [-0.1, -0.05) is 37.3 Å². The topological polar surface area (TPSA) is 55.8 Å². The maximum atomic E-state index is 12.5. The second-order valence-corrected chi connectivity index (χ2v) is 7.76. The van der Waals surface area contributed by atoms with E-state index in [2.05, 4.69) is 41.4 Å². The van der Waals surface area contributed by atoms with Crippen molar-refractivity contribution in [1.29, 1.82) is 0 Å². The maximum Gasteiger partial charge on any atom is 0.317 e. The number of amides is 2. The number of benzene rings is 1. The molecule has 2 amide bonds. The summed E-state index contributed by atoms with van der Waals surface area (Å²) in [6, 6.07) is 11.2. The SMILES string of the molecule is CC1CCN(C(=O)NC2CCN(Cc3ccccc3)C(C)C2)CC1O. The molecule has 2 N–H and O–H groups in total. The molecule has 1 aromatic carbocycles. The first-order valence-electron chi connectivity index (χ1n) is 9.54. The van der Waals surface area contributed by atoms with E-state index in [-0.39, 0.29) is 18.0 Å². The second-order valence-electron chi connectivity index (χ2n) is 7.76. The van der Waals surface area contributed by atoms with Crippen molar-refractivity contribution in [2.45, 2.75) is 57.8 Å². The van der Waals surface area contributed by atoms with Crippen molar-refractivity contribution in [2.24, 2.45) is 5.92 Å². The molecule has 2 heterocycles. The molecule has 0 spiro atoms. The van der Waals surface area contributed by atoms with E-state index < -0.39 is 6.10 Å². The lowest BCUT2D eigenvalue weighted by molar-refractivity contribution is 0.0416. The van der Waals surface area contributed by atoms with Crippen LogP contribution in [-0.4, -0.2) is 58.8 Å². The summed E-state index contributed by atoms with van der Waals surface area (Å²) in [7, 11) is 0. The molecule has 0 radical (unpaired) electrons. The van der Waals surface area contributed by atoms with Gasteiger partial charge in [0.2, 0.25) is 0 Å². The van der Waals surface area contributed by atoms with E-state index in [9.17, 15) is 9.90 Å². The number of carbonyl (C=O) groups is 1. The lowest BCUT2D eigenvalue weighted by Gasteiger charge is -2.40. The summed E-state index contributed by atoms with van der Waals surface area (Å²) in [6.07, 6.45) is 2.44. The average Bonchev–Trinajstić information content (AvgIpc) is 2.60. The van der Waals surface area contributed by atoms with Gasteiger partial charge < -0.3 is 15.3 Å². The maximum absolute atomic E-state index is 12.5. The van der Waals surface area contributed by atoms with Gasteiger partial charge in [-0.2, -0.15) is 0 Å². The van der Waals surface area contributed by atoms with E-state index >= 15 is 0 Å². The van der Waals surface area contributed by atoms with Crippen molar-refractivity contribution in [3.05, 3.63) is 35.9 Å². The van der Waals surface area contributed by atoms with Crippen LogP contribution in [-0.2, 0) is 6.54 Å². The molecular weight excluding hydrogens is 314 g/mol. The molecule has 138 valence electrons. The first kappa shape index (κ1) is 18.2. The van der Waals surface area contributed by atoms with Crippen LogP contribution in [0, 0.1) is 5.92 Å². The first-order chi connectivity index (χ1) is 12.0. The summed E-state index contributed by atoms with van der Waals surface area (Å²) in [5.41, 5.74) is 1.34. The fourth-order valence-corrected chi connectivity index (χ4v) is 3.90. The third-order valence-corrected chi connectivity index (χ3v) is 5.78. The lowest BCUT2D eigenvalue weighted by Crippen LogP contribution is -2.54. The van der Waals surface area contributed by atoms with Gasteiger partial charge in [0.1, 0.15) is 0 Å². The van der Waals surface area contributed by atoms with Gasteiger partial charge in [-0.05, 0) is 37.7 Å². The number of nitrogens with one attached hydrogen (secondary N) is 1. The normalized spacial score (nSPS) is 30.9. The molecule has 2 saturated heterocycles. The first-order valence-corrected chi connectivity index (χ1v) is 9.54. The Hall–Kier alpha value is -1.59. The van der Waals surface area contributed by atoms with Gasteiger partial charge in [0.05, 0.1) is 6.10 Å². The second kappa shape index (κ2) is 8.19. The van der Waals surface area contributed by atoms with Crippen molar-refractivity contribution in [3.8, 4) is 0 Å². The smallest absolute Gasteiger partial charge is 0.317 e. The summed E-state index contributed by atoms with van der Waals surface area (Å²) < 4.78 is 0. The molecule has 0 aromatic heterocycles. The van der Waals surface area contributed by atoms with Gasteiger partial charge >= 0.3 is 6.03 Å². The number of likely N-dealkylation sites (tertiary alicyclic amines) is 2. The minimum absolute atomic E-state index is 0.0142. The molecule has 0 saturated carbocycles. The Morgan fingerprint density at radius 3 is 2.64 bits per heavy atom. The van der Waals surface area contributed by atoms with Crippen LogP contribution in [0.2, 0.25) is 0 Å². The number of urea groups is 1. The van der Waals surface area contributed by atoms with Gasteiger partial charge in [0.25, 0.3) is 0 Å². The largest absolute Gasteiger partial charge is 0.391 e. The molecule has 5 heteroatoms. The summed E-state index contributed by atoms with van der Waals surface area (Å²) in [4.78, 5) is 16.7. The number of rotatable bonds is 3. The van der Waals surface area contributed by atoms with Crippen LogP contribution in [0.3, 0.4) is 0 Å². The molecule has 2 aliphatic rings. The Kier molecular flexibility index (Phi) is 5.97. The van der Waals surface area contributed by atoms with Crippen molar-refractivity contribution >= 4 is 6.03 Å². The highest BCUT2D eigenvalue weighted by Crippen LogP contribution is 2.21. The van der Waals surface area contributed by atoms with Crippen LogP contribution in [0.4, 0.5) is 4.79 Å². The molecule has 2 fully saturated rings. The van der Waals surface area contributed by atoms with Crippen LogP contribution < -0.4 is 5.32 Å². The fraction of sp³-hybridized carbons (Fsp3) is 0.650. The van der Waals surface area contributed by atoms with E-state index in [1.54, 1.807) is 4.90 Å². The summed E-state index contributed by atoms with van der Waals surface area (Å²) in [5.74, 6) is 0.283. The van der Waals surface area contributed by atoms with E-state index in [0.717, 1.165) is 38.9 Å². The van der Waals surface area contributed by atoms with Crippen molar-refractivity contribution in [2.75, 3.05) is 19.6 Å². The van der Waals surface area contributed by atoms with Gasteiger partial charge in [-0.25, -0.2) is 4.79 Å². The third-order valence-electron chi connectivity index (χ3n) is 5.78. The average molecular weight is 345 g/mol. The Morgan fingerprint density at radius 2 is 1.96 bits per heavy atom. The summed E-state index contributed by atoms with van der Waals surface area (Å²) in [6.45, 7) is 7.46. The molecule has 1 aromatic rings. The Balaban J connectivity index is 1.47. The molecule has 3 rings (SSSR count). The summed E-state index contributed by atoms with van der Waals surface area (Å²) in [5, 5.41) is 13.2. The van der Waals surface area contributed by atoms with Crippen molar-refractivity contribution in [1.82, 2.24) is 15.1 Å². The molecular formula is C20H31N3O2. The van der Waals surface area contributed by atoms with Crippen LogP contribution in [0.5, 0.6) is 0 Å². The summed E-state index contributed by atoms with van der Waals surface area (Å²) >= 11 is 0. The van der Waals surface area contributed by atoms with E-state index in [4.69, 9.17) is 0 Å². The minimum Gasteiger partial charge on any atom is -0.391 e. The highest BCUT2D eigenvalue weighted by molar-refractivity contribution is 5.74. The van der Waals surface area contributed by atoms with Crippen LogP contribution in [0.15, 0.2) is 30.3 Å². The number of carbonyl (C=O) groups excluding carboxylic acids is 1. The van der Waals surface area contributed by atoms with E-state index in [1.807, 2.05) is 13.0 Å². The fourth-order valence-electron chi connectivity index (χ4n) is 3.90. The standard InChI is InChI=1S/C20H31N3O2/c1-15-8-10-23(14-19(15)24)20(25)21-18-9-11-22(16(2)12-18)13-17-6-4-3-5-7-17/h3-7,15-16,18-19,24H,8-14H2,1-2H3,(H,21,25). The van der Waals surface area contributed by atoms with Crippen LogP contribution >= 0.6 is 0 Å². The Labute approximate surface area is 151 Å². The number of piperidine rings is 2. The predicted molar refractivity (Wildman–Crippen MR) is 99.2 cm³/mol. The van der Waals surface area contributed by atoms with Crippen LogP contribution in [0.1, 0.15) is 38.7 Å². The Bertz CT molecular complexity index is 565. The highest BCUT2D eigenvalue weighted by atomic mass is 16.3. The lowest BCUT2D eigenvalue weighted by atomic mass is 9.96.